The van der Waals surface area contributed by atoms with Crippen LogP contribution in [-0.4, -0.2) is 46.3 Å². The maximum atomic E-state index is 12.5. The van der Waals surface area contributed by atoms with Crippen molar-refractivity contribution in [2.45, 2.75) is 30.1 Å². The lowest BCUT2D eigenvalue weighted by molar-refractivity contribution is 0.498. The van der Waals surface area contributed by atoms with Crippen LogP contribution in [0.25, 0.3) is 5.70 Å². The minimum absolute atomic E-state index is 0.474. The van der Waals surface area contributed by atoms with E-state index < -0.39 is 10.8 Å². The molecule has 0 saturated carbocycles. The fourth-order valence-corrected chi connectivity index (χ4v) is 5.40. The Balaban J connectivity index is 1.58. The number of halogens is 1. The summed E-state index contributed by atoms with van der Waals surface area (Å²) in [5.41, 5.74) is 9.48. The van der Waals surface area contributed by atoms with Crippen molar-refractivity contribution in [1.82, 2.24) is 9.97 Å². The van der Waals surface area contributed by atoms with Crippen LogP contribution >= 0.6 is 11.6 Å². The van der Waals surface area contributed by atoms with Crippen molar-refractivity contribution in [3.05, 3.63) is 52.3 Å². The molecule has 3 heterocycles. The third-order valence-electron chi connectivity index (χ3n) is 5.47. The van der Waals surface area contributed by atoms with Crippen LogP contribution in [-0.2, 0) is 17.2 Å². The molecule has 1 fully saturated rings. The SMILES string of the molecule is CN=C/C=C(\N)c1nc(N2CCC(c3ccc(Cl)cc3)CC2)nc2c1[S@](=O)CC2. The average Bonchev–Trinajstić information content (AvgIpc) is 3.13. The van der Waals surface area contributed by atoms with Crippen LogP contribution < -0.4 is 10.6 Å². The first-order chi connectivity index (χ1) is 14.1. The average molecular weight is 430 g/mol. The Morgan fingerprint density at radius 2 is 2.00 bits per heavy atom. The van der Waals surface area contributed by atoms with Crippen molar-refractivity contribution in [1.29, 1.82) is 0 Å². The molecule has 0 spiro atoms. The van der Waals surface area contributed by atoms with E-state index in [9.17, 15) is 4.21 Å². The first-order valence-electron chi connectivity index (χ1n) is 9.75. The van der Waals surface area contributed by atoms with Crippen LogP contribution in [0.1, 0.15) is 35.7 Å². The van der Waals surface area contributed by atoms with E-state index in [0.29, 0.717) is 40.3 Å². The number of hydrogen-bond acceptors (Lipinski definition) is 6. The fraction of sp³-hybridized carbons (Fsp3) is 0.381. The van der Waals surface area contributed by atoms with Gasteiger partial charge in [0.1, 0.15) is 5.69 Å². The molecule has 0 unspecified atom stereocenters. The molecule has 6 nitrogen and oxygen atoms in total. The molecule has 1 aromatic carbocycles. The Morgan fingerprint density at radius 3 is 2.69 bits per heavy atom. The van der Waals surface area contributed by atoms with Gasteiger partial charge in [-0.2, -0.15) is 0 Å². The smallest absolute Gasteiger partial charge is 0.226 e. The number of aromatic nitrogens is 2. The highest BCUT2D eigenvalue weighted by Gasteiger charge is 2.29. The number of aliphatic imine (C=N–C) groups is 1. The van der Waals surface area contributed by atoms with Gasteiger partial charge in [-0.05, 0) is 42.5 Å². The number of fused-ring (bicyclic) bond motifs is 1. The molecule has 29 heavy (non-hydrogen) atoms. The Bertz CT molecular complexity index is 981. The second-order valence-corrected chi connectivity index (χ2v) is 9.23. The van der Waals surface area contributed by atoms with E-state index in [2.05, 4.69) is 22.0 Å². The van der Waals surface area contributed by atoms with Crippen LogP contribution in [0.3, 0.4) is 0 Å². The summed E-state index contributed by atoms with van der Waals surface area (Å²) in [4.78, 5) is 16.3. The molecule has 0 bridgehead atoms. The quantitative estimate of drug-likeness (QED) is 0.754. The van der Waals surface area contributed by atoms with Crippen molar-refractivity contribution in [3.8, 4) is 0 Å². The summed E-state index contributed by atoms with van der Waals surface area (Å²) in [5.74, 6) is 1.77. The largest absolute Gasteiger partial charge is 0.397 e. The van der Waals surface area contributed by atoms with Crippen LogP contribution in [0.15, 0.2) is 40.2 Å². The van der Waals surface area contributed by atoms with Crippen LogP contribution in [0.5, 0.6) is 0 Å². The number of benzene rings is 1. The highest BCUT2D eigenvalue weighted by molar-refractivity contribution is 7.85. The Kier molecular flexibility index (Phi) is 5.96. The number of nitrogens with two attached hydrogens (primary N) is 1. The summed E-state index contributed by atoms with van der Waals surface area (Å²) in [7, 11) is 0.582. The molecule has 8 heteroatoms. The number of piperidine rings is 1. The number of nitrogens with zero attached hydrogens (tertiary/aromatic N) is 4. The summed E-state index contributed by atoms with van der Waals surface area (Å²) in [6.07, 6.45) is 6.07. The number of allylic oxidation sites excluding steroid dienone is 1. The molecule has 1 aromatic heterocycles. The molecule has 2 N–H and O–H groups in total. The van der Waals surface area contributed by atoms with E-state index in [1.54, 1.807) is 19.3 Å². The van der Waals surface area contributed by atoms with Crippen LogP contribution in [0.4, 0.5) is 5.95 Å². The molecule has 4 rings (SSSR count). The zero-order valence-corrected chi connectivity index (χ0v) is 17.9. The molecule has 0 amide bonds. The van der Waals surface area contributed by atoms with Crippen molar-refractivity contribution in [2.75, 3.05) is 30.8 Å². The summed E-state index contributed by atoms with van der Waals surface area (Å²) < 4.78 is 12.5. The monoisotopic (exact) mass is 429 g/mol. The predicted molar refractivity (Wildman–Crippen MR) is 119 cm³/mol. The maximum Gasteiger partial charge on any atom is 0.226 e. The molecule has 2 aliphatic rings. The van der Waals surface area contributed by atoms with E-state index in [4.69, 9.17) is 27.3 Å². The van der Waals surface area contributed by atoms with Crippen molar-refractivity contribution < 1.29 is 4.21 Å². The van der Waals surface area contributed by atoms with Crippen LogP contribution in [0, 0.1) is 0 Å². The molecular formula is C21H24ClN5OS. The topological polar surface area (TPSA) is 84.5 Å². The van der Waals surface area contributed by atoms with Crippen molar-refractivity contribution >= 4 is 40.3 Å². The van der Waals surface area contributed by atoms with Gasteiger partial charge < -0.3 is 10.6 Å². The standard InChI is InChI=1S/C21H24ClN5OS/c1-24-10-6-17(23)19-20-18(9-13-29(20)28)25-21(26-19)27-11-7-15(8-12-27)14-2-4-16(22)5-3-14/h2-6,10,15H,7-9,11-13,23H2,1H3/b17-6-,24-10?/t29-/m1/s1. The molecule has 0 radical (unpaired) electrons. The van der Waals surface area contributed by atoms with E-state index in [0.717, 1.165) is 36.6 Å². The Labute approximate surface area is 178 Å². The minimum atomic E-state index is -1.10. The zero-order chi connectivity index (χ0) is 20.4. The van der Waals surface area contributed by atoms with Gasteiger partial charge in [0.25, 0.3) is 0 Å². The summed E-state index contributed by atoms with van der Waals surface area (Å²) in [5, 5.41) is 0.765. The predicted octanol–water partition coefficient (Wildman–Crippen LogP) is 3.18. The molecule has 0 aliphatic carbocycles. The summed E-state index contributed by atoms with van der Waals surface area (Å²) in [6, 6.07) is 8.13. The second kappa shape index (κ2) is 8.63. The summed E-state index contributed by atoms with van der Waals surface area (Å²) >= 11 is 6.01. The normalized spacial score (nSPS) is 20.4. The Hall–Kier alpha value is -2.25. The number of aryl methyl sites for hydroxylation is 1. The third-order valence-corrected chi connectivity index (χ3v) is 7.18. The van der Waals surface area contributed by atoms with E-state index >= 15 is 0 Å². The van der Waals surface area contributed by atoms with Gasteiger partial charge in [-0.3, -0.25) is 9.20 Å². The van der Waals surface area contributed by atoms with Gasteiger partial charge in [0.15, 0.2) is 0 Å². The Morgan fingerprint density at radius 1 is 1.28 bits per heavy atom. The molecular weight excluding hydrogens is 406 g/mol. The molecule has 1 atom stereocenters. The highest BCUT2D eigenvalue weighted by Crippen LogP contribution is 2.33. The fourth-order valence-electron chi connectivity index (χ4n) is 3.90. The first-order valence-corrected chi connectivity index (χ1v) is 11.4. The maximum absolute atomic E-state index is 12.5. The van der Waals surface area contributed by atoms with Crippen molar-refractivity contribution in [3.63, 3.8) is 0 Å². The minimum Gasteiger partial charge on any atom is -0.397 e. The van der Waals surface area contributed by atoms with Gasteiger partial charge >= 0.3 is 0 Å². The van der Waals surface area contributed by atoms with Gasteiger partial charge in [-0.25, -0.2) is 9.97 Å². The number of hydrogen-bond donors (Lipinski definition) is 1. The lowest BCUT2D eigenvalue weighted by Gasteiger charge is -2.32. The molecule has 2 aliphatic heterocycles. The first kappa shape index (κ1) is 20.0. The lowest BCUT2D eigenvalue weighted by atomic mass is 9.89. The van der Waals surface area contributed by atoms with Gasteiger partial charge in [-0.15, -0.1) is 0 Å². The van der Waals surface area contributed by atoms with Gasteiger partial charge in [-0.1, -0.05) is 23.7 Å². The second-order valence-electron chi connectivity index (χ2n) is 7.29. The van der Waals surface area contributed by atoms with E-state index in [-0.39, 0.29) is 0 Å². The van der Waals surface area contributed by atoms with Crippen molar-refractivity contribution in [2.24, 2.45) is 10.7 Å². The molecule has 2 aromatic rings. The van der Waals surface area contributed by atoms with Gasteiger partial charge in [0.2, 0.25) is 5.95 Å². The van der Waals surface area contributed by atoms with Gasteiger partial charge in [0, 0.05) is 43.5 Å². The molecule has 1 saturated heterocycles. The van der Waals surface area contributed by atoms with Crippen LogP contribution in [0.2, 0.25) is 5.02 Å². The zero-order valence-electron chi connectivity index (χ0n) is 16.3. The number of rotatable bonds is 4. The third kappa shape index (κ3) is 4.21. The van der Waals surface area contributed by atoms with E-state index in [1.807, 2.05) is 12.1 Å². The van der Waals surface area contributed by atoms with E-state index in [1.165, 1.54) is 5.56 Å². The summed E-state index contributed by atoms with van der Waals surface area (Å²) in [6.45, 7) is 1.74. The lowest BCUT2D eigenvalue weighted by Crippen LogP contribution is -2.34. The van der Waals surface area contributed by atoms with Gasteiger partial charge in [0.05, 0.1) is 27.1 Å². The highest BCUT2D eigenvalue weighted by atomic mass is 35.5. The number of anilines is 1. The molecule has 152 valence electrons.